The van der Waals surface area contributed by atoms with E-state index in [4.69, 9.17) is 0 Å². The lowest BCUT2D eigenvalue weighted by Crippen LogP contribution is -2.22. The first-order valence-corrected chi connectivity index (χ1v) is 7.63. The fraction of sp³-hybridized carbons (Fsp3) is 0.667. The van der Waals surface area contributed by atoms with Crippen molar-refractivity contribution in [3.8, 4) is 0 Å². The molecule has 1 atom stereocenters. The minimum atomic E-state index is -4.05. The molecule has 0 aliphatic carbocycles. The Bertz CT molecular complexity index is 351. The van der Waals surface area contributed by atoms with Gasteiger partial charge in [0, 0.05) is 12.5 Å². The van der Waals surface area contributed by atoms with Crippen molar-refractivity contribution >= 4 is 27.3 Å². The van der Waals surface area contributed by atoms with E-state index in [1.54, 1.807) is 11.3 Å². The van der Waals surface area contributed by atoms with Gasteiger partial charge >= 0.3 is 6.18 Å². The minimum Gasteiger partial charge on any atom is -0.310 e. The Morgan fingerprint density at radius 2 is 2.17 bits per heavy atom. The van der Waals surface area contributed by atoms with Crippen LogP contribution in [0.15, 0.2) is 15.2 Å². The molecular weight excluding hydrogens is 327 g/mol. The second kappa shape index (κ2) is 7.50. The molecule has 18 heavy (non-hydrogen) atoms. The maximum absolute atomic E-state index is 12.1. The normalized spacial score (nSPS) is 13.8. The van der Waals surface area contributed by atoms with E-state index >= 15 is 0 Å². The third-order valence-electron chi connectivity index (χ3n) is 2.58. The van der Waals surface area contributed by atoms with Crippen molar-refractivity contribution in [1.29, 1.82) is 0 Å². The van der Waals surface area contributed by atoms with E-state index in [1.807, 2.05) is 18.4 Å². The van der Waals surface area contributed by atoms with Gasteiger partial charge in [0.25, 0.3) is 0 Å². The molecule has 1 unspecified atom stereocenters. The zero-order chi connectivity index (χ0) is 13.6. The number of nitrogens with one attached hydrogen (secondary N) is 1. The summed E-state index contributed by atoms with van der Waals surface area (Å²) >= 11 is 4.94. The summed E-state index contributed by atoms with van der Waals surface area (Å²) in [5, 5.41) is 5.29. The molecule has 0 fully saturated rings. The molecule has 0 aromatic carbocycles. The summed E-state index contributed by atoms with van der Waals surface area (Å²) < 4.78 is 37.4. The van der Waals surface area contributed by atoms with Gasteiger partial charge in [0.1, 0.15) is 0 Å². The Balaban J connectivity index is 2.51. The fourth-order valence-corrected chi connectivity index (χ4v) is 2.95. The smallest absolute Gasteiger partial charge is 0.310 e. The summed E-state index contributed by atoms with van der Waals surface area (Å²) in [6.45, 7) is 2.87. The predicted octanol–water partition coefficient (Wildman–Crippen LogP) is 5.28. The lowest BCUT2D eigenvalue weighted by atomic mass is 10.0. The van der Waals surface area contributed by atoms with Crippen molar-refractivity contribution in [3.63, 3.8) is 0 Å². The van der Waals surface area contributed by atoms with Gasteiger partial charge in [-0.1, -0.05) is 6.92 Å². The van der Waals surface area contributed by atoms with E-state index in [-0.39, 0.29) is 12.5 Å². The average molecular weight is 344 g/mol. The molecule has 1 N–H and O–H groups in total. The van der Waals surface area contributed by atoms with Crippen LogP contribution in [0.2, 0.25) is 0 Å². The Hall–Kier alpha value is -0.0700. The first-order valence-electron chi connectivity index (χ1n) is 5.96. The van der Waals surface area contributed by atoms with Crippen LogP contribution in [0.4, 0.5) is 13.2 Å². The summed E-state index contributed by atoms with van der Waals surface area (Å²) in [4.78, 5) is 0. The van der Waals surface area contributed by atoms with E-state index in [9.17, 15) is 13.2 Å². The summed E-state index contributed by atoms with van der Waals surface area (Å²) in [6, 6.07) is 2.00. The molecule has 0 aliphatic rings. The molecule has 6 heteroatoms. The summed E-state index contributed by atoms with van der Waals surface area (Å²) in [5.74, 6) is 0. The number of hydrogen-bond acceptors (Lipinski definition) is 2. The molecule has 1 rings (SSSR count). The zero-order valence-electron chi connectivity index (χ0n) is 10.2. The lowest BCUT2D eigenvalue weighted by Gasteiger charge is -2.18. The van der Waals surface area contributed by atoms with Gasteiger partial charge in [-0.25, -0.2) is 0 Å². The van der Waals surface area contributed by atoms with Crippen LogP contribution in [0.5, 0.6) is 0 Å². The van der Waals surface area contributed by atoms with Crippen LogP contribution < -0.4 is 5.32 Å². The predicted molar refractivity (Wildman–Crippen MR) is 73.0 cm³/mol. The van der Waals surface area contributed by atoms with Crippen molar-refractivity contribution in [2.75, 3.05) is 6.54 Å². The Morgan fingerprint density at radius 1 is 1.44 bits per heavy atom. The van der Waals surface area contributed by atoms with Gasteiger partial charge in [0.05, 0.1) is 3.79 Å². The summed E-state index contributed by atoms with van der Waals surface area (Å²) in [6.07, 6.45) is -3.10. The van der Waals surface area contributed by atoms with E-state index < -0.39 is 12.6 Å². The number of thiophene rings is 1. The van der Waals surface area contributed by atoms with Crippen LogP contribution in [-0.4, -0.2) is 12.7 Å². The molecule has 104 valence electrons. The maximum atomic E-state index is 12.1. The second-order valence-corrected chi connectivity index (χ2v) is 6.49. The van der Waals surface area contributed by atoms with Gasteiger partial charge in [0.2, 0.25) is 0 Å². The molecule has 0 amide bonds. The highest BCUT2D eigenvalue weighted by molar-refractivity contribution is 9.11. The fourth-order valence-electron chi connectivity index (χ4n) is 1.72. The molecule has 1 aromatic rings. The zero-order valence-corrected chi connectivity index (χ0v) is 12.6. The minimum absolute atomic E-state index is 0.0230. The van der Waals surface area contributed by atoms with Gasteiger partial charge in [-0.2, -0.15) is 13.2 Å². The van der Waals surface area contributed by atoms with Crippen molar-refractivity contribution in [2.24, 2.45) is 0 Å². The highest BCUT2D eigenvalue weighted by Gasteiger charge is 2.27. The van der Waals surface area contributed by atoms with E-state index in [2.05, 4.69) is 21.2 Å². The monoisotopic (exact) mass is 343 g/mol. The lowest BCUT2D eigenvalue weighted by molar-refractivity contribution is -0.135. The number of alkyl halides is 3. The SMILES string of the molecule is CCCNC(CCCC(F)(F)F)c1csc(Br)c1. The third kappa shape index (κ3) is 6.20. The van der Waals surface area contributed by atoms with E-state index in [0.717, 1.165) is 22.3 Å². The van der Waals surface area contributed by atoms with Crippen molar-refractivity contribution in [3.05, 3.63) is 20.8 Å². The Labute approximate surface area is 118 Å². The van der Waals surface area contributed by atoms with Crippen LogP contribution in [0, 0.1) is 0 Å². The van der Waals surface area contributed by atoms with Crippen LogP contribution >= 0.6 is 27.3 Å². The molecule has 0 bridgehead atoms. The highest BCUT2D eigenvalue weighted by Crippen LogP contribution is 2.30. The van der Waals surface area contributed by atoms with Crippen LogP contribution in [0.25, 0.3) is 0 Å². The first-order chi connectivity index (χ1) is 8.42. The average Bonchev–Trinajstić information content (AvgIpc) is 2.68. The molecule has 1 heterocycles. The van der Waals surface area contributed by atoms with E-state index in [1.165, 1.54) is 0 Å². The molecule has 1 nitrogen and oxygen atoms in total. The molecule has 1 aromatic heterocycles. The summed E-state index contributed by atoms with van der Waals surface area (Å²) in [7, 11) is 0. The largest absolute Gasteiger partial charge is 0.389 e. The molecule has 0 saturated carbocycles. The van der Waals surface area contributed by atoms with Crippen LogP contribution in [0.3, 0.4) is 0 Å². The standard InChI is InChI=1S/C12H17BrF3NS/c1-2-6-17-10(4-3-5-12(14,15)16)9-7-11(13)18-8-9/h7-8,10,17H,2-6H2,1H3. The quantitative estimate of drug-likeness (QED) is 0.709. The number of rotatable bonds is 7. The van der Waals surface area contributed by atoms with Gasteiger partial charge in [0.15, 0.2) is 0 Å². The van der Waals surface area contributed by atoms with Gasteiger partial charge in [-0.15, -0.1) is 11.3 Å². The third-order valence-corrected chi connectivity index (χ3v) is 4.11. The maximum Gasteiger partial charge on any atom is 0.389 e. The molecular formula is C12H17BrF3NS. The van der Waals surface area contributed by atoms with Gasteiger partial charge in [-0.05, 0) is 58.7 Å². The van der Waals surface area contributed by atoms with Crippen LogP contribution in [-0.2, 0) is 0 Å². The molecule has 0 saturated heterocycles. The van der Waals surface area contributed by atoms with Crippen molar-refractivity contribution < 1.29 is 13.2 Å². The molecule has 0 aliphatic heterocycles. The number of hydrogen-bond donors (Lipinski definition) is 1. The van der Waals surface area contributed by atoms with Gasteiger partial charge in [-0.3, -0.25) is 0 Å². The topological polar surface area (TPSA) is 12.0 Å². The highest BCUT2D eigenvalue weighted by atomic mass is 79.9. The van der Waals surface area contributed by atoms with Gasteiger partial charge < -0.3 is 5.32 Å². The molecule has 0 radical (unpaired) electrons. The van der Waals surface area contributed by atoms with Crippen molar-refractivity contribution in [2.45, 2.75) is 44.8 Å². The number of halogens is 4. The Kier molecular flexibility index (Phi) is 6.66. The first kappa shape index (κ1) is 16.0. The molecule has 0 spiro atoms. The summed E-state index contributed by atoms with van der Waals surface area (Å²) in [5.41, 5.74) is 1.07. The van der Waals surface area contributed by atoms with Crippen LogP contribution in [0.1, 0.15) is 44.2 Å². The van der Waals surface area contributed by atoms with Crippen molar-refractivity contribution in [1.82, 2.24) is 5.32 Å². The Morgan fingerprint density at radius 3 is 2.67 bits per heavy atom. The second-order valence-electron chi connectivity index (χ2n) is 4.20. The van der Waals surface area contributed by atoms with E-state index in [0.29, 0.717) is 6.42 Å².